The second-order valence-electron chi connectivity index (χ2n) is 8.15. The molecule has 158 valence electrons. The lowest BCUT2D eigenvalue weighted by Crippen LogP contribution is -2.38. The van der Waals surface area contributed by atoms with E-state index in [2.05, 4.69) is 10.3 Å². The van der Waals surface area contributed by atoms with Crippen molar-refractivity contribution in [3.8, 4) is 0 Å². The minimum atomic E-state index is -3.12. The van der Waals surface area contributed by atoms with Gasteiger partial charge < -0.3 is 15.0 Å². The zero-order valence-corrected chi connectivity index (χ0v) is 18.5. The van der Waals surface area contributed by atoms with Gasteiger partial charge in [-0.15, -0.1) is 0 Å². The predicted octanol–water partition coefficient (Wildman–Crippen LogP) is 2.12. The number of amides is 2. The Bertz CT molecular complexity index is 936. The highest BCUT2D eigenvalue weighted by molar-refractivity contribution is 8.16. The van der Waals surface area contributed by atoms with Gasteiger partial charge in [-0.1, -0.05) is 29.5 Å². The fourth-order valence-corrected chi connectivity index (χ4v) is 7.11. The standard InChI is InChI=1S/C19H25N3O5S2/c1-12-5-7-13(8-6-12)22-14-10-29(25,26)11-15(14)28-17(22)21-16(23)9-20-18(24)27-19(2,3)4/h5-8,14-15H,9-11H2,1-4H3,(H,20,24)/t14-,15+/m1/s1. The number of hydrogen-bond acceptors (Lipinski definition) is 6. The lowest BCUT2D eigenvalue weighted by molar-refractivity contribution is -0.117. The van der Waals surface area contributed by atoms with E-state index in [9.17, 15) is 18.0 Å². The number of rotatable bonds is 3. The normalized spacial score (nSPS) is 24.4. The molecule has 2 atom stereocenters. The number of ether oxygens (including phenoxy) is 1. The fraction of sp³-hybridized carbons (Fsp3) is 0.526. The Labute approximate surface area is 175 Å². The molecule has 29 heavy (non-hydrogen) atoms. The van der Waals surface area contributed by atoms with Gasteiger partial charge in [0.05, 0.1) is 17.5 Å². The van der Waals surface area contributed by atoms with Crippen LogP contribution in [-0.2, 0) is 19.4 Å². The molecule has 1 N–H and O–H groups in total. The van der Waals surface area contributed by atoms with Crippen LogP contribution in [0, 0.1) is 6.92 Å². The molecule has 2 fully saturated rings. The molecule has 2 aliphatic heterocycles. The molecular formula is C19H25N3O5S2. The lowest BCUT2D eigenvalue weighted by atomic mass is 10.1. The second-order valence-corrected chi connectivity index (χ2v) is 11.5. The third-order valence-corrected chi connectivity index (χ3v) is 7.59. The summed E-state index contributed by atoms with van der Waals surface area (Å²) in [4.78, 5) is 30.0. The monoisotopic (exact) mass is 439 g/mol. The van der Waals surface area contributed by atoms with Gasteiger partial charge in [-0.3, -0.25) is 4.79 Å². The Morgan fingerprint density at radius 1 is 1.24 bits per heavy atom. The van der Waals surface area contributed by atoms with E-state index in [1.165, 1.54) is 11.8 Å². The van der Waals surface area contributed by atoms with Crippen LogP contribution in [0.3, 0.4) is 0 Å². The topological polar surface area (TPSA) is 105 Å². The van der Waals surface area contributed by atoms with Crippen LogP contribution in [0.2, 0.25) is 0 Å². The highest BCUT2D eigenvalue weighted by Gasteiger charge is 2.49. The molecule has 10 heteroatoms. The maximum absolute atomic E-state index is 12.3. The van der Waals surface area contributed by atoms with Gasteiger partial charge in [-0.2, -0.15) is 4.99 Å². The summed E-state index contributed by atoms with van der Waals surface area (Å²) < 4.78 is 29.3. The molecule has 1 aromatic rings. The second kappa shape index (κ2) is 7.98. The van der Waals surface area contributed by atoms with Crippen LogP contribution in [0.15, 0.2) is 29.3 Å². The molecule has 0 aromatic heterocycles. The van der Waals surface area contributed by atoms with Crippen LogP contribution in [0.4, 0.5) is 10.5 Å². The number of hydrogen-bond donors (Lipinski definition) is 1. The number of sulfone groups is 1. The average molecular weight is 440 g/mol. The van der Waals surface area contributed by atoms with Crippen LogP contribution < -0.4 is 10.2 Å². The SMILES string of the molecule is Cc1ccc(N2C(=NC(=O)CNC(=O)OC(C)(C)C)S[C@H]3CS(=O)(=O)C[C@H]32)cc1. The minimum absolute atomic E-state index is 0.0297. The van der Waals surface area contributed by atoms with Crippen LogP contribution in [0.5, 0.6) is 0 Å². The van der Waals surface area contributed by atoms with Gasteiger partial charge in [-0.25, -0.2) is 13.2 Å². The Morgan fingerprint density at radius 3 is 2.52 bits per heavy atom. The first-order valence-electron chi connectivity index (χ1n) is 9.25. The number of carbonyl (C=O) groups is 2. The van der Waals surface area contributed by atoms with Crippen molar-refractivity contribution in [1.29, 1.82) is 0 Å². The quantitative estimate of drug-likeness (QED) is 0.769. The summed E-state index contributed by atoms with van der Waals surface area (Å²) in [6.45, 7) is 6.86. The van der Waals surface area contributed by atoms with Gasteiger partial charge >= 0.3 is 6.09 Å². The Balaban J connectivity index is 1.77. The van der Waals surface area contributed by atoms with E-state index in [1.807, 2.05) is 36.1 Å². The van der Waals surface area contributed by atoms with Gasteiger partial charge in [0.15, 0.2) is 15.0 Å². The number of aryl methyl sites for hydroxylation is 1. The molecule has 2 saturated heterocycles. The molecule has 2 amide bonds. The number of amidine groups is 1. The first kappa shape index (κ1) is 21.6. The van der Waals surface area contributed by atoms with Crippen molar-refractivity contribution in [2.24, 2.45) is 4.99 Å². The number of anilines is 1. The van der Waals surface area contributed by atoms with Gasteiger partial charge in [0, 0.05) is 10.9 Å². The van der Waals surface area contributed by atoms with E-state index in [-0.39, 0.29) is 29.3 Å². The van der Waals surface area contributed by atoms with Crippen molar-refractivity contribution in [2.45, 2.75) is 44.6 Å². The van der Waals surface area contributed by atoms with E-state index in [4.69, 9.17) is 4.74 Å². The number of carbonyl (C=O) groups excluding carboxylic acids is 2. The predicted molar refractivity (Wildman–Crippen MR) is 114 cm³/mol. The summed E-state index contributed by atoms with van der Waals surface area (Å²) in [5.74, 6) is -0.436. The fourth-order valence-electron chi connectivity index (χ4n) is 3.18. The number of alkyl carbamates (subject to hydrolysis) is 1. The van der Waals surface area contributed by atoms with Gasteiger partial charge in [0.2, 0.25) is 0 Å². The Hall–Kier alpha value is -2.07. The minimum Gasteiger partial charge on any atom is -0.444 e. The molecule has 0 radical (unpaired) electrons. The van der Waals surface area contributed by atoms with Gasteiger partial charge in [0.25, 0.3) is 5.91 Å². The van der Waals surface area contributed by atoms with Crippen molar-refractivity contribution in [3.05, 3.63) is 29.8 Å². The van der Waals surface area contributed by atoms with Gasteiger partial charge in [0.1, 0.15) is 12.1 Å². The highest BCUT2D eigenvalue weighted by Crippen LogP contribution is 2.40. The third kappa shape index (κ3) is 5.51. The number of nitrogens with one attached hydrogen (secondary N) is 1. The summed E-state index contributed by atoms with van der Waals surface area (Å²) >= 11 is 1.30. The van der Waals surface area contributed by atoms with Crippen molar-refractivity contribution in [2.75, 3.05) is 23.0 Å². The van der Waals surface area contributed by atoms with Crippen molar-refractivity contribution in [1.82, 2.24) is 5.32 Å². The number of thioether (sulfide) groups is 1. The van der Waals surface area contributed by atoms with Crippen molar-refractivity contribution < 1.29 is 22.7 Å². The number of aliphatic imine (C=N–C) groups is 1. The summed E-state index contributed by atoms with van der Waals surface area (Å²) in [7, 11) is -3.12. The zero-order valence-electron chi connectivity index (χ0n) is 16.8. The Morgan fingerprint density at radius 2 is 1.90 bits per heavy atom. The Kier molecular flexibility index (Phi) is 5.96. The van der Waals surface area contributed by atoms with E-state index in [0.29, 0.717) is 5.17 Å². The number of fused-ring (bicyclic) bond motifs is 1. The summed E-state index contributed by atoms with van der Waals surface area (Å²) in [5.41, 5.74) is 1.21. The van der Waals surface area contributed by atoms with Crippen LogP contribution in [0.1, 0.15) is 26.3 Å². The maximum atomic E-state index is 12.3. The van der Waals surface area contributed by atoms with Crippen molar-refractivity contribution >= 4 is 44.5 Å². The average Bonchev–Trinajstić information content (AvgIpc) is 3.03. The zero-order chi connectivity index (χ0) is 21.4. The summed E-state index contributed by atoms with van der Waals surface area (Å²) in [5, 5.41) is 2.68. The molecule has 3 rings (SSSR count). The van der Waals surface area contributed by atoms with E-state index in [1.54, 1.807) is 20.8 Å². The molecule has 0 bridgehead atoms. The largest absolute Gasteiger partial charge is 0.444 e. The first-order valence-corrected chi connectivity index (χ1v) is 11.9. The van der Waals surface area contributed by atoms with E-state index < -0.39 is 27.4 Å². The molecule has 0 unspecified atom stereocenters. The van der Waals surface area contributed by atoms with E-state index in [0.717, 1.165) is 11.3 Å². The molecule has 0 aliphatic carbocycles. The smallest absolute Gasteiger partial charge is 0.408 e. The summed E-state index contributed by atoms with van der Waals surface area (Å²) in [6, 6.07) is 7.38. The first-order chi connectivity index (χ1) is 13.4. The third-order valence-electron chi connectivity index (χ3n) is 4.38. The van der Waals surface area contributed by atoms with E-state index >= 15 is 0 Å². The number of benzene rings is 1. The van der Waals surface area contributed by atoms with Crippen LogP contribution >= 0.6 is 11.8 Å². The molecular weight excluding hydrogens is 414 g/mol. The van der Waals surface area contributed by atoms with Crippen LogP contribution in [-0.4, -0.2) is 60.5 Å². The molecule has 2 aliphatic rings. The molecule has 0 spiro atoms. The van der Waals surface area contributed by atoms with Crippen LogP contribution in [0.25, 0.3) is 0 Å². The number of nitrogens with zero attached hydrogens (tertiary/aromatic N) is 2. The molecule has 2 heterocycles. The van der Waals surface area contributed by atoms with Gasteiger partial charge in [-0.05, 0) is 39.8 Å². The highest BCUT2D eigenvalue weighted by atomic mass is 32.2. The molecule has 1 aromatic carbocycles. The molecule has 8 nitrogen and oxygen atoms in total. The maximum Gasteiger partial charge on any atom is 0.408 e. The molecule has 0 saturated carbocycles. The summed E-state index contributed by atoms with van der Waals surface area (Å²) in [6.07, 6.45) is -0.691. The lowest BCUT2D eigenvalue weighted by Gasteiger charge is -2.24. The van der Waals surface area contributed by atoms with Crippen molar-refractivity contribution in [3.63, 3.8) is 0 Å².